The van der Waals surface area contributed by atoms with Gasteiger partial charge in [-0.1, -0.05) is 36.8 Å². The number of hydrogen-bond acceptors (Lipinski definition) is 1. The molecule has 1 N–H and O–H groups in total. The Labute approximate surface area is 138 Å². The Balaban J connectivity index is 1.68. The van der Waals surface area contributed by atoms with Crippen LogP contribution in [-0.4, -0.2) is 22.0 Å². The van der Waals surface area contributed by atoms with Crippen molar-refractivity contribution in [1.82, 2.24) is 14.8 Å². The van der Waals surface area contributed by atoms with E-state index >= 15 is 0 Å². The number of nitrogens with one attached hydrogen (secondary N) is 1. The summed E-state index contributed by atoms with van der Waals surface area (Å²) >= 11 is 0. The number of fused-ring (bicyclic) bond motifs is 1. The van der Waals surface area contributed by atoms with Crippen molar-refractivity contribution in [2.24, 2.45) is 0 Å². The molecule has 0 aliphatic carbocycles. The molecular weight excluding hydrogens is 286 g/mol. The Morgan fingerprint density at radius 3 is 2.57 bits per heavy atom. The lowest BCUT2D eigenvalue weighted by Crippen LogP contribution is -2.46. The number of carbonyl (C=O) groups excluding carboxylic acids is 1. The quantitative estimate of drug-likeness (QED) is 0.920. The summed E-state index contributed by atoms with van der Waals surface area (Å²) in [6.07, 6.45) is 0.932. The molecule has 122 valence electrons. The van der Waals surface area contributed by atoms with E-state index in [-0.39, 0.29) is 12.1 Å². The third kappa shape index (κ3) is 3.11. The lowest BCUT2D eigenvalue weighted by Gasteiger charge is -2.37. The summed E-state index contributed by atoms with van der Waals surface area (Å²) in [6, 6.07) is 12.8. The van der Waals surface area contributed by atoms with E-state index in [1.165, 1.54) is 17.0 Å². The molecule has 1 aromatic heterocycles. The van der Waals surface area contributed by atoms with Gasteiger partial charge in [0.25, 0.3) is 0 Å². The first-order valence-electron chi connectivity index (χ1n) is 8.36. The van der Waals surface area contributed by atoms with Crippen LogP contribution in [-0.2, 0) is 13.1 Å². The number of hydrogen-bond donors (Lipinski definition) is 1. The minimum atomic E-state index is 0.0301. The maximum atomic E-state index is 12.6. The first-order chi connectivity index (χ1) is 11.1. The maximum Gasteiger partial charge on any atom is 0.318 e. The third-order valence-corrected chi connectivity index (χ3v) is 4.73. The predicted octanol–water partition coefficient (Wildman–Crippen LogP) is 3.78. The van der Waals surface area contributed by atoms with Crippen molar-refractivity contribution in [2.75, 3.05) is 6.54 Å². The van der Waals surface area contributed by atoms with E-state index < -0.39 is 0 Å². The smallest absolute Gasteiger partial charge is 0.318 e. The van der Waals surface area contributed by atoms with Gasteiger partial charge in [-0.25, -0.2) is 4.79 Å². The van der Waals surface area contributed by atoms with Crippen molar-refractivity contribution < 1.29 is 4.79 Å². The van der Waals surface area contributed by atoms with Gasteiger partial charge in [-0.2, -0.15) is 0 Å². The number of rotatable bonds is 3. The minimum absolute atomic E-state index is 0.0301. The molecule has 1 atom stereocenters. The lowest BCUT2D eigenvalue weighted by atomic mass is 10.1. The van der Waals surface area contributed by atoms with E-state index in [9.17, 15) is 4.79 Å². The fraction of sp³-hybridized carbons (Fsp3) is 0.421. The van der Waals surface area contributed by atoms with Gasteiger partial charge in [-0.3, -0.25) is 0 Å². The second kappa shape index (κ2) is 6.49. The van der Waals surface area contributed by atoms with Gasteiger partial charge in [0.2, 0.25) is 0 Å². The molecule has 23 heavy (non-hydrogen) atoms. The molecule has 0 saturated carbocycles. The van der Waals surface area contributed by atoms with Crippen molar-refractivity contribution in [3.63, 3.8) is 0 Å². The number of aryl methyl sites for hydroxylation is 2. The molecule has 0 unspecified atom stereocenters. The van der Waals surface area contributed by atoms with Crippen LogP contribution in [0.4, 0.5) is 4.79 Å². The van der Waals surface area contributed by atoms with Crippen molar-refractivity contribution in [2.45, 2.75) is 46.3 Å². The predicted molar refractivity (Wildman–Crippen MR) is 92.3 cm³/mol. The highest BCUT2D eigenvalue weighted by Gasteiger charge is 2.30. The van der Waals surface area contributed by atoms with Crippen LogP contribution >= 0.6 is 0 Å². The van der Waals surface area contributed by atoms with Gasteiger partial charge in [0, 0.05) is 31.0 Å². The highest BCUT2D eigenvalue weighted by Crippen LogP contribution is 2.30. The highest BCUT2D eigenvalue weighted by atomic mass is 16.2. The zero-order valence-corrected chi connectivity index (χ0v) is 14.2. The van der Waals surface area contributed by atoms with E-state index in [1.807, 2.05) is 4.90 Å². The number of amides is 2. The van der Waals surface area contributed by atoms with Gasteiger partial charge in [0.05, 0.1) is 6.04 Å². The molecule has 1 aliphatic rings. The number of aromatic nitrogens is 1. The highest BCUT2D eigenvalue weighted by molar-refractivity contribution is 5.75. The van der Waals surface area contributed by atoms with Gasteiger partial charge in [-0.15, -0.1) is 0 Å². The van der Waals surface area contributed by atoms with Crippen molar-refractivity contribution in [3.05, 3.63) is 58.9 Å². The zero-order valence-electron chi connectivity index (χ0n) is 14.2. The molecule has 0 radical (unpaired) electrons. The number of benzene rings is 1. The Morgan fingerprint density at radius 1 is 1.13 bits per heavy atom. The van der Waals surface area contributed by atoms with Gasteiger partial charge >= 0.3 is 6.03 Å². The third-order valence-electron chi connectivity index (χ3n) is 4.73. The van der Waals surface area contributed by atoms with Crippen LogP contribution in [0.3, 0.4) is 0 Å². The Kier molecular flexibility index (Phi) is 4.42. The van der Waals surface area contributed by atoms with Crippen LogP contribution in [0.1, 0.15) is 41.9 Å². The molecule has 2 amide bonds. The van der Waals surface area contributed by atoms with Gasteiger partial charge in [0.15, 0.2) is 0 Å². The molecule has 2 heterocycles. The molecular formula is C19H25N3O. The number of urea groups is 1. The second-order valence-electron chi connectivity index (χ2n) is 6.31. The standard InChI is InChI=1S/C19H25N3O/c1-4-17-18-10-7-15(3)21(18)11-12-22(17)19(23)20-13-16-8-5-14(2)6-9-16/h5-10,17H,4,11-13H2,1-3H3,(H,20,23)/t17-/m1/s1. The van der Waals surface area contributed by atoms with Gasteiger partial charge in [0.1, 0.15) is 0 Å². The second-order valence-corrected chi connectivity index (χ2v) is 6.31. The molecule has 4 heteroatoms. The maximum absolute atomic E-state index is 12.6. The lowest BCUT2D eigenvalue weighted by molar-refractivity contribution is 0.152. The van der Waals surface area contributed by atoms with Crippen molar-refractivity contribution in [3.8, 4) is 0 Å². The average molecular weight is 311 g/mol. The molecule has 0 saturated heterocycles. The van der Waals surface area contributed by atoms with E-state index in [4.69, 9.17) is 0 Å². The van der Waals surface area contributed by atoms with E-state index in [1.54, 1.807) is 0 Å². The molecule has 0 spiro atoms. The summed E-state index contributed by atoms with van der Waals surface area (Å²) in [5.41, 5.74) is 4.89. The average Bonchev–Trinajstić information content (AvgIpc) is 2.94. The van der Waals surface area contributed by atoms with Crippen LogP contribution in [0.15, 0.2) is 36.4 Å². The molecule has 0 fully saturated rings. The summed E-state index contributed by atoms with van der Waals surface area (Å²) in [5, 5.41) is 3.07. The van der Waals surface area contributed by atoms with Crippen molar-refractivity contribution >= 4 is 6.03 Å². The topological polar surface area (TPSA) is 37.3 Å². The molecule has 3 rings (SSSR count). The van der Waals surface area contributed by atoms with E-state index in [0.717, 1.165) is 25.1 Å². The molecule has 1 aliphatic heterocycles. The summed E-state index contributed by atoms with van der Waals surface area (Å²) in [4.78, 5) is 14.6. The number of nitrogens with zero attached hydrogens (tertiary/aromatic N) is 2. The van der Waals surface area contributed by atoms with Gasteiger partial charge < -0.3 is 14.8 Å². The summed E-state index contributed by atoms with van der Waals surface area (Å²) < 4.78 is 2.33. The molecule has 4 nitrogen and oxygen atoms in total. The van der Waals surface area contributed by atoms with Crippen molar-refractivity contribution in [1.29, 1.82) is 0 Å². The minimum Gasteiger partial charge on any atom is -0.345 e. The summed E-state index contributed by atoms with van der Waals surface area (Å²) in [6.45, 7) is 8.56. The van der Waals surface area contributed by atoms with Crippen LogP contribution in [0.25, 0.3) is 0 Å². The van der Waals surface area contributed by atoms with E-state index in [2.05, 4.69) is 67.1 Å². The van der Waals surface area contributed by atoms with Crippen LogP contribution in [0, 0.1) is 13.8 Å². The first kappa shape index (κ1) is 15.7. The normalized spacial score (nSPS) is 17.0. The SMILES string of the molecule is CC[C@@H]1c2ccc(C)n2CCN1C(=O)NCc1ccc(C)cc1. The molecule has 0 bridgehead atoms. The fourth-order valence-corrected chi connectivity index (χ4v) is 3.37. The van der Waals surface area contributed by atoms with Crippen LogP contribution in [0.5, 0.6) is 0 Å². The van der Waals surface area contributed by atoms with Gasteiger partial charge in [-0.05, 0) is 38.0 Å². The van der Waals surface area contributed by atoms with E-state index in [0.29, 0.717) is 6.54 Å². The Morgan fingerprint density at radius 2 is 1.87 bits per heavy atom. The summed E-state index contributed by atoms with van der Waals surface area (Å²) in [7, 11) is 0. The fourth-order valence-electron chi connectivity index (χ4n) is 3.37. The zero-order chi connectivity index (χ0) is 16.4. The number of carbonyl (C=O) groups is 1. The summed E-state index contributed by atoms with van der Waals surface area (Å²) in [5.74, 6) is 0. The first-order valence-corrected chi connectivity index (χ1v) is 8.36. The molecule has 1 aromatic carbocycles. The monoisotopic (exact) mass is 311 g/mol. The Hall–Kier alpha value is -2.23. The molecule has 2 aromatic rings. The Bertz CT molecular complexity index is 687. The van der Waals surface area contributed by atoms with Crippen LogP contribution < -0.4 is 5.32 Å². The van der Waals surface area contributed by atoms with Crippen LogP contribution in [0.2, 0.25) is 0 Å². The largest absolute Gasteiger partial charge is 0.345 e.